The van der Waals surface area contributed by atoms with Gasteiger partial charge in [-0.15, -0.1) is 0 Å². The van der Waals surface area contributed by atoms with Gasteiger partial charge in [-0.25, -0.2) is 0 Å². The lowest BCUT2D eigenvalue weighted by Crippen LogP contribution is -2.25. The molecular weight excluding hydrogens is 152 g/mol. The Bertz CT molecular complexity index is 124. The first kappa shape index (κ1) is 10.8. The van der Waals surface area contributed by atoms with Crippen molar-refractivity contribution in [1.82, 2.24) is 0 Å². The van der Waals surface area contributed by atoms with Crippen LogP contribution in [0.1, 0.15) is 19.8 Å². The molecule has 11 heavy (non-hydrogen) atoms. The van der Waals surface area contributed by atoms with Crippen LogP contribution < -0.4 is 0 Å². The maximum Gasteiger partial charge on any atom is 0.121 e. The number of unbranched alkanes of at least 4 members (excludes halogenated alkanes) is 1. The van der Waals surface area contributed by atoms with Crippen LogP contribution in [0.3, 0.4) is 0 Å². The molecule has 0 unspecified atom stereocenters. The molecule has 2 heteroatoms. The molecule has 1 nitrogen and oxygen atoms in total. The molecule has 0 bridgehead atoms. The molecular formula is C9H20OSi. The van der Waals surface area contributed by atoms with E-state index in [0.29, 0.717) is 0 Å². The van der Waals surface area contributed by atoms with Crippen LogP contribution in [0.4, 0.5) is 0 Å². The molecule has 0 amide bonds. The second kappa shape index (κ2) is 4.60. The summed E-state index contributed by atoms with van der Waals surface area (Å²) in [4.78, 5) is 0. The highest BCUT2D eigenvalue weighted by Crippen LogP contribution is 2.13. The molecule has 0 N–H and O–H groups in total. The van der Waals surface area contributed by atoms with Gasteiger partial charge < -0.3 is 4.74 Å². The minimum absolute atomic E-state index is 0.847. The number of hydrogen-bond acceptors (Lipinski definition) is 1. The van der Waals surface area contributed by atoms with Crippen LogP contribution in [-0.2, 0) is 4.74 Å². The summed E-state index contributed by atoms with van der Waals surface area (Å²) in [5, 5.41) is 1.03. The summed E-state index contributed by atoms with van der Waals surface area (Å²) >= 11 is 0. The maximum atomic E-state index is 5.51. The first-order valence-corrected chi connectivity index (χ1v) is 7.80. The van der Waals surface area contributed by atoms with E-state index in [1.807, 2.05) is 0 Å². The molecule has 0 aliphatic rings. The van der Waals surface area contributed by atoms with E-state index in [9.17, 15) is 0 Å². The van der Waals surface area contributed by atoms with Crippen LogP contribution in [0.5, 0.6) is 0 Å². The van der Waals surface area contributed by atoms with Crippen molar-refractivity contribution in [2.45, 2.75) is 39.4 Å². The summed E-state index contributed by atoms with van der Waals surface area (Å²) in [5.74, 6) is 0. The Labute approximate surface area is 71.5 Å². The minimum Gasteiger partial charge on any atom is -0.504 e. The molecule has 0 aromatic heterocycles. The second-order valence-electron chi connectivity index (χ2n) is 3.88. The molecule has 0 saturated carbocycles. The molecule has 0 saturated heterocycles. The lowest BCUT2D eigenvalue weighted by molar-refractivity contribution is 0.228. The summed E-state index contributed by atoms with van der Waals surface area (Å²) in [6.45, 7) is 13.7. The third-order valence-electron chi connectivity index (χ3n) is 1.61. The van der Waals surface area contributed by atoms with Gasteiger partial charge in [-0.05, 0) is 6.42 Å². The van der Waals surface area contributed by atoms with Gasteiger partial charge in [-0.2, -0.15) is 0 Å². The van der Waals surface area contributed by atoms with Crippen molar-refractivity contribution in [3.05, 3.63) is 12.0 Å². The average Bonchev–Trinajstić information content (AvgIpc) is 1.86. The fourth-order valence-corrected chi connectivity index (χ4v) is 1.09. The Balaban J connectivity index is 3.54. The Morgan fingerprint density at radius 1 is 1.36 bits per heavy atom. The molecule has 0 spiro atoms. The van der Waals surface area contributed by atoms with Gasteiger partial charge in [0.1, 0.15) is 8.07 Å². The van der Waals surface area contributed by atoms with E-state index in [1.165, 1.54) is 6.42 Å². The van der Waals surface area contributed by atoms with E-state index in [0.717, 1.165) is 18.4 Å². The molecule has 0 aromatic rings. The topological polar surface area (TPSA) is 9.23 Å². The summed E-state index contributed by atoms with van der Waals surface area (Å²) in [5.41, 5.74) is 0. The monoisotopic (exact) mass is 172 g/mol. The summed E-state index contributed by atoms with van der Waals surface area (Å²) in [6, 6.07) is 0. The largest absolute Gasteiger partial charge is 0.504 e. The van der Waals surface area contributed by atoms with E-state index < -0.39 is 8.07 Å². The quantitative estimate of drug-likeness (QED) is 0.351. The highest BCUT2D eigenvalue weighted by molar-refractivity contribution is 6.82. The van der Waals surface area contributed by atoms with Crippen LogP contribution in [0, 0.1) is 0 Å². The van der Waals surface area contributed by atoms with Gasteiger partial charge in [0.15, 0.2) is 0 Å². The predicted molar refractivity (Wildman–Crippen MR) is 53.3 cm³/mol. The normalized spacial score (nSPS) is 11.3. The molecule has 0 atom stereocenters. The van der Waals surface area contributed by atoms with Crippen molar-refractivity contribution < 1.29 is 4.74 Å². The maximum absolute atomic E-state index is 5.51. The van der Waals surface area contributed by atoms with Crippen LogP contribution in [0.2, 0.25) is 19.6 Å². The summed E-state index contributed by atoms with van der Waals surface area (Å²) < 4.78 is 5.51. The SMILES string of the molecule is C=C(OCCCC)[Si](C)(C)C. The van der Waals surface area contributed by atoms with Crippen LogP contribution in [0.15, 0.2) is 12.0 Å². The van der Waals surface area contributed by atoms with Gasteiger partial charge in [-0.3, -0.25) is 0 Å². The second-order valence-corrected chi connectivity index (χ2v) is 8.93. The van der Waals surface area contributed by atoms with Crippen LogP contribution >= 0.6 is 0 Å². The smallest absolute Gasteiger partial charge is 0.121 e. The first-order chi connectivity index (χ1) is 4.98. The molecule has 0 aliphatic heterocycles. The molecule has 0 aliphatic carbocycles. The van der Waals surface area contributed by atoms with Gasteiger partial charge in [0.2, 0.25) is 0 Å². The zero-order chi connectivity index (χ0) is 8.91. The Morgan fingerprint density at radius 2 is 1.91 bits per heavy atom. The van der Waals surface area contributed by atoms with E-state index in [4.69, 9.17) is 4.74 Å². The van der Waals surface area contributed by atoms with Crippen molar-refractivity contribution in [3.63, 3.8) is 0 Å². The Kier molecular flexibility index (Phi) is 4.50. The predicted octanol–water partition coefficient (Wildman–Crippen LogP) is 3.19. The van der Waals surface area contributed by atoms with Crippen LogP contribution in [0.25, 0.3) is 0 Å². The number of ether oxygens (including phenoxy) is 1. The molecule has 66 valence electrons. The van der Waals surface area contributed by atoms with E-state index >= 15 is 0 Å². The summed E-state index contributed by atoms with van der Waals surface area (Å²) in [6.07, 6.45) is 2.34. The summed E-state index contributed by atoms with van der Waals surface area (Å²) in [7, 11) is -1.23. The highest BCUT2D eigenvalue weighted by Gasteiger charge is 2.18. The van der Waals surface area contributed by atoms with E-state index in [1.54, 1.807) is 0 Å². The average molecular weight is 172 g/mol. The Morgan fingerprint density at radius 3 is 2.27 bits per heavy atom. The fourth-order valence-electron chi connectivity index (χ4n) is 0.556. The van der Waals surface area contributed by atoms with Gasteiger partial charge in [0.05, 0.1) is 12.0 Å². The molecule has 0 rings (SSSR count). The number of rotatable bonds is 5. The van der Waals surface area contributed by atoms with Crippen molar-refractivity contribution in [2.75, 3.05) is 6.61 Å². The minimum atomic E-state index is -1.23. The fraction of sp³-hybridized carbons (Fsp3) is 0.778. The van der Waals surface area contributed by atoms with Crippen molar-refractivity contribution >= 4 is 8.07 Å². The molecule has 0 heterocycles. The first-order valence-electron chi connectivity index (χ1n) is 4.30. The number of hydrogen-bond donors (Lipinski definition) is 0. The highest BCUT2D eigenvalue weighted by atomic mass is 28.3. The standard InChI is InChI=1S/C9H20OSi/c1-6-7-8-10-9(2)11(3,4)5/h2,6-8H2,1,3-5H3. The van der Waals surface area contributed by atoms with Gasteiger partial charge in [-0.1, -0.05) is 39.6 Å². The van der Waals surface area contributed by atoms with Crippen molar-refractivity contribution in [2.24, 2.45) is 0 Å². The lowest BCUT2D eigenvalue weighted by Gasteiger charge is -2.19. The van der Waals surface area contributed by atoms with Crippen molar-refractivity contribution in [3.8, 4) is 0 Å². The van der Waals surface area contributed by atoms with Crippen molar-refractivity contribution in [1.29, 1.82) is 0 Å². The van der Waals surface area contributed by atoms with Crippen LogP contribution in [-0.4, -0.2) is 14.7 Å². The Hall–Kier alpha value is -0.243. The van der Waals surface area contributed by atoms with Gasteiger partial charge in [0, 0.05) is 0 Å². The molecule has 0 radical (unpaired) electrons. The zero-order valence-corrected chi connectivity index (χ0v) is 9.24. The molecule has 0 fully saturated rings. The lowest BCUT2D eigenvalue weighted by atomic mass is 10.4. The zero-order valence-electron chi connectivity index (χ0n) is 8.24. The van der Waals surface area contributed by atoms with E-state index in [2.05, 4.69) is 33.1 Å². The van der Waals surface area contributed by atoms with Gasteiger partial charge >= 0.3 is 0 Å². The third-order valence-corrected chi connectivity index (χ3v) is 3.43. The third kappa shape index (κ3) is 5.07. The van der Waals surface area contributed by atoms with Gasteiger partial charge in [0.25, 0.3) is 0 Å². The van der Waals surface area contributed by atoms with E-state index in [-0.39, 0.29) is 0 Å². The molecule has 0 aromatic carbocycles.